The predicted molar refractivity (Wildman–Crippen MR) is 71.9 cm³/mol. The maximum Gasteiger partial charge on any atom is 0.423 e. The van der Waals surface area contributed by atoms with Crippen molar-refractivity contribution in [3.63, 3.8) is 0 Å². The highest BCUT2D eigenvalue weighted by Gasteiger charge is 2.43. The average Bonchev–Trinajstić information content (AvgIpc) is 2.43. The molecule has 0 saturated heterocycles. The van der Waals surface area contributed by atoms with Crippen LogP contribution in [0.5, 0.6) is 0 Å². The van der Waals surface area contributed by atoms with Crippen molar-refractivity contribution < 1.29 is 27.8 Å². The first-order valence-electron chi connectivity index (χ1n) is 6.01. The van der Waals surface area contributed by atoms with E-state index in [1.807, 2.05) is 0 Å². The molecular formula is C11H11F3N4O5. The van der Waals surface area contributed by atoms with Crippen LogP contribution < -0.4 is 10.6 Å². The molecule has 1 rings (SSSR count). The zero-order valence-electron chi connectivity index (χ0n) is 11.8. The van der Waals surface area contributed by atoms with E-state index in [2.05, 4.69) is 10.6 Å². The van der Waals surface area contributed by atoms with Crippen molar-refractivity contribution in [3.05, 3.63) is 37.9 Å². The molecule has 0 aliphatic rings. The fourth-order valence-corrected chi connectivity index (χ4v) is 1.79. The quantitative estimate of drug-likeness (QED) is 0.626. The highest BCUT2D eigenvalue weighted by Crippen LogP contribution is 2.44. The number of amides is 1. The van der Waals surface area contributed by atoms with Crippen molar-refractivity contribution in [1.29, 1.82) is 0 Å². The zero-order valence-corrected chi connectivity index (χ0v) is 11.8. The maximum atomic E-state index is 12.9. The molecule has 1 amide bonds. The lowest BCUT2D eigenvalue weighted by Gasteiger charge is -2.16. The van der Waals surface area contributed by atoms with Gasteiger partial charge in [-0.2, -0.15) is 13.2 Å². The number of nitro groups is 2. The third kappa shape index (κ3) is 3.84. The van der Waals surface area contributed by atoms with Gasteiger partial charge in [-0.1, -0.05) is 0 Å². The minimum Gasteiger partial charge on any atom is -0.363 e. The molecule has 0 aliphatic carbocycles. The standard InChI is InChI=1S/C11H11F3N4O5/c1-5(10(19)15-2)16-8-7(17(20)21)4-3-6(11(12,13)14)9(8)18(22)23/h3-5,16H,1-2H3,(H,15,19). The van der Waals surface area contributed by atoms with Crippen molar-refractivity contribution in [3.8, 4) is 0 Å². The lowest BCUT2D eigenvalue weighted by atomic mass is 10.1. The van der Waals surface area contributed by atoms with Gasteiger partial charge in [-0.15, -0.1) is 0 Å². The van der Waals surface area contributed by atoms with E-state index < -0.39 is 50.6 Å². The summed E-state index contributed by atoms with van der Waals surface area (Å²) in [6, 6.07) is -0.485. The van der Waals surface area contributed by atoms with Gasteiger partial charge in [-0.3, -0.25) is 25.0 Å². The molecule has 0 aromatic heterocycles. The number of halogens is 3. The molecular weight excluding hydrogens is 325 g/mol. The van der Waals surface area contributed by atoms with E-state index in [1.165, 1.54) is 14.0 Å². The Morgan fingerprint density at radius 1 is 1.22 bits per heavy atom. The summed E-state index contributed by atoms with van der Waals surface area (Å²) in [7, 11) is 1.23. The molecule has 0 radical (unpaired) electrons. The van der Waals surface area contributed by atoms with Crippen molar-refractivity contribution in [2.45, 2.75) is 19.1 Å². The summed E-state index contributed by atoms with van der Waals surface area (Å²) < 4.78 is 38.7. The van der Waals surface area contributed by atoms with Gasteiger partial charge in [0.1, 0.15) is 11.6 Å². The Morgan fingerprint density at radius 3 is 2.17 bits per heavy atom. The van der Waals surface area contributed by atoms with E-state index in [0.29, 0.717) is 6.07 Å². The number of hydrogen-bond acceptors (Lipinski definition) is 6. The van der Waals surface area contributed by atoms with Crippen LogP contribution >= 0.6 is 0 Å². The molecule has 1 atom stereocenters. The molecule has 0 fully saturated rings. The van der Waals surface area contributed by atoms with E-state index in [1.54, 1.807) is 0 Å². The SMILES string of the molecule is CNC(=O)C(C)Nc1c([N+](=O)[O-])ccc(C(F)(F)F)c1[N+](=O)[O-]. The van der Waals surface area contributed by atoms with Crippen LogP contribution in [0, 0.1) is 20.2 Å². The van der Waals surface area contributed by atoms with Crippen LogP contribution in [0.15, 0.2) is 12.1 Å². The number of benzene rings is 1. The molecule has 9 nitrogen and oxygen atoms in total. The lowest BCUT2D eigenvalue weighted by molar-refractivity contribution is -0.394. The highest BCUT2D eigenvalue weighted by atomic mass is 19.4. The van der Waals surface area contributed by atoms with Gasteiger partial charge < -0.3 is 10.6 Å². The molecule has 0 bridgehead atoms. The number of carbonyl (C=O) groups excluding carboxylic acids is 1. The number of alkyl halides is 3. The number of nitrogens with one attached hydrogen (secondary N) is 2. The summed E-state index contributed by atoms with van der Waals surface area (Å²) in [5.74, 6) is -0.717. The maximum absolute atomic E-state index is 12.9. The Morgan fingerprint density at radius 2 is 1.78 bits per heavy atom. The van der Waals surface area contributed by atoms with Gasteiger partial charge in [0.25, 0.3) is 5.69 Å². The smallest absolute Gasteiger partial charge is 0.363 e. The summed E-state index contributed by atoms with van der Waals surface area (Å²) in [6.45, 7) is 1.19. The molecule has 0 spiro atoms. The lowest BCUT2D eigenvalue weighted by Crippen LogP contribution is -2.35. The Hall–Kier alpha value is -2.92. The molecule has 126 valence electrons. The predicted octanol–water partition coefficient (Wildman–Crippen LogP) is 2.07. The van der Waals surface area contributed by atoms with Crippen LogP contribution in [0.2, 0.25) is 0 Å². The molecule has 23 heavy (non-hydrogen) atoms. The summed E-state index contributed by atoms with van der Waals surface area (Å²) in [6.07, 6.45) is -5.09. The van der Waals surface area contributed by atoms with Gasteiger partial charge in [0, 0.05) is 13.1 Å². The van der Waals surface area contributed by atoms with E-state index >= 15 is 0 Å². The molecule has 1 aromatic carbocycles. The van der Waals surface area contributed by atoms with Crippen LogP contribution in [-0.2, 0) is 11.0 Å². The fourth-order valence-electron chi connectivity index (χ4n) is 1.79. The summed E-state index contributed by atoms with van der Waals surface area (Å²) >= 11 is 0. The van der Waals surface area contributed by atoms with Crippen molar-refractivity contribution in [1.82, 2.24) is 5.32 Å². The second-order valence-corrected chi connectivity index (χ2v) is 4.35. The second-order valence-electron chi connectivity index (χ2n) is 4.35. The second kappa shape index (κ2) is 6.46. The largest absolute Gasteiger partial charge is 0.423 e. The topological polar surface area (TPSA) is 127 Å². The van der Waals surface area contributed by atoms with E-state index in [4.69, 9.17) is 0 Å². The number of likely N-dealkylation sites (N-methyl/N-ethyl adjacent to an activating group) is 1. The minimum atomic E-state index is -5.09. The van der Waals surface area contributed by atoms with Crippen LogP contribution in [-0.4, -0.2) is 28.8 Å². The summed E-state index contributed by atoms with van der Waals surface area (Å²) in [4.78, 5) is 30.9. The number of carbonyl (C=O) groups is 1. The van der Waals surface area contributed by atoms with Gasteiger partial charge in [-0.05, 0) is 13.0 Å². The molecule has 1 unspecified atom stereocenters. The Kier molecular flexibility index (Phi) is 5.09. The number of anilines is 1. The molecule has 0 heterocycles. The molecule has 0 aliphatic heterocycles. The van der Waals surface area contributed by atoms with Crippen molar-refractivity contribution in [2.75, 3.05) is 12.4 Å². The van der Waals surface area contributed by atoms with E-state index in [-0.39, 0.29) is 6.07 Å². The van der Waals surface area contributed by atoms with Gasteiger partial charge in [0.15, 0.2) is 5.69 Å². The van der Waals surface area contributed by atoms with Crippen LogP contribution in [0.25, 0.3) is 0 Å². The molecule has 0 saturated carbocycles. The monoisotopic (exact) mass is 336 g/mol. The van der Waals surface area contributed by atoms with Gasteiger partial charge in [0.05, 0.1) is 9.85 Å². The van der Waals surface area contributed by atoms with Crippen LogP contribution in [0.1, 0.15) is 12.5 Å². The number of rotatable bonds is 5. The number of nitro benzene ring substituents is 2. The van der Waals surface area contributed by atoms with Crippen LogP contribution in [0.4, 0.5) is 30.2 Å². The summed E-state index contributed by atoms with van der Waals surface area (Å²) in [5, 5.41) is 26.2. The van der Waals surface area contributed by atoms with Crippen molar-refractivity contribution >= 4 is 23.0 Å². The first-order valence-corrected chi connectivity index (χ1v) is 6.01. The summed E-state index contributed by atoms with van der Waals surface area (Å²) in [5.41, 5.74) is -5.09. The third-order valence-corrected chi connectivity index (χ3v) is 2.84. The molecule has 1 aromatic rings. The van der Waals surface area contributed by atoms with E-state index in [0.717, 1.165) is 0 Å². The van der Waals surface area contributed by atoms with Gasteiger partial charge >= 0.3 is 11.9 Å². The fraction of sp³-hybridized carbons (Fsp3) is 0.364. The Labute approximate surface area is 126 Å². The number of nitrogens with zero attached hydrogens (tertiary/aromatic N) is 2. The van der Waals surface area contributed by atoms with E-state index in [9.17, 15) is 38.2 Å². The first-order chi connectivity index (χ1) is 10.5. The highest BCUT2D eigenvalue weighted by molar-refractivity contribution is 5.87. The normalized spacial score (nSPS) is 12.4. The third-order valence-electron chi connectivity index (χ3n) is 2.84. The molecule has 12 heteroatoms. The van der Waals surface area contributed by atoms with Crippen molar-refractivity contribution in [2.24, 2.45) is 0 Å². The minimum absolute atomic E-state index is 0.256. The zero-order chi connectivity index (χ0) is 17.9. The van der Waals surface area contributed by atoms with Gasteiger partial charge in [0.2, 0.25) is 5.91 Å². The Bertz CT molecular complexity index is 662. The Balaban J connectivity index is 3.63. The molecule has 2 N–H and O–H groups in total. The van der Waals surface area contributed by atoms with Crippen LogP contribution in [0.3, 0.4) is 0 Å². The number of hydrogen-bond donors (Lipinski definition) is 2. The average molecular weight is 336 g/mol. The first kappa shape index (κ1) is 18.1. The van der Waals surface area contributed by atoms with Gasteiger partial charge in [-0.25, -0.2) is 0 Å².